The molecule has 6 nitrogen and oxygen atoms in total. The van der Waals surface area contributed by atoms with Gasteiger partial charge in [0, 0.05) is 19.9 Å². The Labute approximate surface area is 108 Å². The molecule has 1 aromatic carbocycles. The Kier molecular flexibility index (Phi) is 4.99. The monoisotopic (exact) mass is 268 g/mol. The fourth-order valence-electron chi connectivity index (χ4n) is 1.37. The maximum Gasteiger partial charge on any atom is 0.337 e. The number of carbonyl (C=O) groups excluding carboxylic acids is 2. The molecule has 102 valence electrons. The highest BCUT2D eigenvalue weighted by molar-refractivity contribution is 6.00. The van der Waals surface area contributed by atoms with Gasteiger partial charge >= 0.3 is 5.97 Å². The second-order valence-electron chi connectivity index (χ2n) is 3.78. The zero-order valence-electron chi connectivity index (χ0n) is 10.2. The SMILES string of the molecule is CC(=O)NCCC(=O)Nc1cc(F)ccc1C(=O)O. The van der Waals surface area contributed by atoms with Crippen molar-refractivity contribution in [3.63, 3.8) is 0 Å². The largest absolute Gasteiger partial charge is 0.478 e. The molecule has 19 heavy (non-hydrogen) atoms. The lowest BCUT2D eigenvalue weighted by Gasteiger charge is -2.08. The molecular formula is C12H13FN2O4. The second kappa shape index (κ2) is 6.48. The number of benzene rings is 1. The van der Waals surface area contributed by atoms with Crippen molar-refractivity contribution in [2.45, 2.75) is 13.3 Å². The standard InChI is InChI=1S/C12H13FN2O4/c1-7(16)14-5-4-11(17)15-10-6-8(13)2-3-9(10)12(18)19/h2-3,6H,4-5H2,1H3,(H,14,16)(H,15,17)(H,18,19). The predicted molar refractivity (Wildman–Crippen MR) is 65.3 cm³/mol. The molecule has 0 fully saturated rings. The first-order chi connectivity index (χ1) is 8.90. The molecule has 0 spiro atoms. The number of carboxylic acid groups (broad SMARTS) is 1. The molecule has 0 radical (unpaired) electrons. The summed E-state index contributed by atoms with van der Waals surface area (Å²) in [7, 11) is 0. The maximum absolute atomic E-state index is 13.0. The van der Waals surface area contributed by atoms with Crippen molar-refractivity contribution >= 4 is 23.5 Å². The van der Waals surface area contributed by atoms with Gasteiger partial charge in [-0.05, 0) is 18.2 Å². The van der Waals surface area contributed by atoms with E-state index in [1.54, 1.807) is 0 Å². The minimum atomic E-state index is -1.27. The summed E-state index contributed by atoms with van der Waals surface area (Å²) in [6.07, 6.45) is -0.0326. The van der Waals surface area contributed by atoms with Gasteiger partial charge in [-0.25, -0.2) is 9.18 Å². The van der Waals surface area contributed by atoms with Gasteiger partial charge in [0.1, 0.15) is 5.82 Å². The van der Waals surface area contributed by atoms with Crippen LogP contribution in [0.5, 0.6) is 0 Å². The highest BCUT2D eigenvalue weighted by Gasteiger charge is 2.13. The highest BCUT2D eigenvalue weighted by Crippen LogP contribution is 2.17. The third kappa shape index (κ3) is 4.74. The molecule has 0 bridgehead atoms. The van der Waals surface area contributed by atoms with Crippen molar-refractivity contribution in [1.82, 2.24) is 5.32 Å². The summed E-state index contributed by atoms with van der Waals surface area (Å²) >= 11 is 0. The van der Waals surface area contributed by atoms with Crippen molar-refractivity contribution in [3.8, 4) is 0 Å². The van der Waals surface area contributed by atoms with Crippen LogP contribution in [0.15, 0.2) is 18.2 Å². The minimum absolute atomic E-state index is 0.0326. The third-order valence-electron chi connectivity index (χ3n) is 2.21. The molecule has 0 saturated carbocycles. The van der Waals surface area contributed by atoms with Gasteiger partial charge in [0.15, 0.2) is 0 Å². The third-order valence-corrected chi connectivity index (χ3v) is 2.21. The van der Waals surface area contributed by atoms with Crippen LogP contribution in [0, 0.1) is 5.82 Å². The van der Waals surface area contributed by atoms with Crippen molar-refractivity contribution < 1.29 is 23.9 Å². The molecule has 0 unspecified atom stereocenters. The second-order valence-corrected chi connectivity index (χ2v) is 3.78. The molecule has 0 aromatic heterocycles. The summed E-state index contributed by atoms with van der Waals surface area (Å²) in [5, 5.41) is 13.6. The van der Waals surface area contributed by atoms with Crippen LogP contribution in [0.25, 0.3) is 0 Å². The summed E-state index contributed by atoms with van der Waals surface area (Å²) in [5.41, 5.74) is -0.311. The van der Waals surface area contributed by atoms with Crippen LogP contribution in [0.2, 0.25) is 0 Å². The van der Waals surface area contributed by atoms with Gasteiger partial charge in [-0.3, -0.25) is 9.59 Å². The number of aromatic carboxylic acids is 1. The van der Waals surface area contributed by atoms with Crippen molar-refractivity contribution in [2.75, 3.05) is 11.9 Å². The van der Waals surface area contributed by atoms with E-state index < -0.39 is 17.7 Å². The average Bonchev–Trinajstić information content (AvgIpc) is 2.27. The van der Waals surface area contributed by atoms with E-state index in [4.69, 9.17) is 5.11 Å². The molecule has 1 aromatic rings. The van der Waals surface area contributed by atoms with Gasteiger partial charge in [-0.2, -0.15) is 0 Å². The topological polar surface area (TPSA) is 95.5 Å². The quantitative estimate of drug-likeness (QED) is 0.742. The minimum Gasteiger partial charge on any atom is -0.478 e. The van der Waals surface area contributed by atoms with Crippen molar-refractivity contribution in [1.29, 1.82) is 0 Å². The number of rotatable bonds is 5. The molecule has 0 saturated heterocycles. The summed E-state index contributed by atoms with van der Waals surface area (Å²) in [5.74, 6) is -2.70. The first-order valence-electron chi connectivity index (χ1n) is 5.47. The lowest BCUT2D eigenvalue weighted by Crippen LogP contribution is -2.25. The zero-order chi connectivity index (χ0) is 14.4. The van der Waals surface area contributed by atoms with Crippen LogP contribution >= 0.6 is 0 Å². The fourth-order valence-corrected chi connectivity index (χ4v) is 1.37. The number of amides is 2. The van der Waals surface area contributed by atoms with Crippen LogP contribution in [0.4, 0.5) is 10.1 Å². The zero-order valence-corrected chi connectivity index (χ0v) is 10.2. The lowest BCUT2D eigenvalue weighted by atomic mass is 10.1. The molecular weight excluding hydrogens is 255 g/mol. The number of halogens is 1. The van der Waals surface area contributed by atoms with Crippen LogP contribution < -0.4 is 10.6 Å². The van der Waals surface area contributed by atoms with Crippen LogP contribution in [-0.2, 0) is 9.59 Å². The van der Waals surface area contributed by atoms with E-state index in [1.165, 1.54) is 6.92 Å². The Balaban J connectivity index is 2.70. The summed E-state index contributed by atoms with van der Waals surface area (Å²) in [6.45, 7) is 1.44. The Morgan fingerprint density at radius 2 is 2.00 bits per heavy atom. The Morgan fingerprint density at radius 1 is 1.32 bits per heavy atom. The van der Waals surface area contributed by atoms with E-state index in [0.29, 0.717) is 0 Å². The molecule has 1 rings (SSSR count). The normalized spacial score (nSPS) is 9.79. The van der Waals surface area contributed by atoms with Crippen LogP contribution in [0.1, 0.15) is 23.7 Å². The molecule has 0 aliphatic carbocycles. The van der Waals surface area contributed by atoms with E-state index in [-0.39, 0.29) is 30.1 Å². The number of carbonyl (C=O) groups is 3. The molecule has 2 amide bonds. The van der Waals surface area contributed by atoms with Gasteiger partial charge in [0.2, 0.25) is 11.8 Å². The number of nitrogens with one attached hydrogen (secondary N) is 2. The van der Waals surface area contributed by atoms with Crippen molar-refractivity contribution in [2.24, 2.45) is 0 Å². The highest BCUT2D eigenvalue weighted by atomic mass is 19.1. The molecule has 3 N–H and O–H groups in total. The molecule has 0 aliphatic heterocycles. The average molecular weight is 268 g/mol. The number of carboxylic acids is 1. The van der Waals surface area contributed by atoms with Gasteiger partial charge in [0.05, 0.1) is 11.3 Å². The maximum atomic E-state index is 13.0. The van der Waals surface area contributed by atoms with Gasteiger partial charge in [-0.15, -0.1) is 0 Å². The Hall–Kier alpha value is -2.44. The van der Waals surface area contributed by atoms with Gasteiger partial charge in [-0.1, -0.05) is 0 Å². The number of hydrogen-bond donors (Lipinski definition) is 3. The van der Waals surface area contributed by atoms with E-state index in [0.717, 1.165) is 18.2 Å². The molecule has 0 atom stereocenters. The van der Waals surface area contributed by atoms with Crippen molar-refractivity contribution in [3.05, 3.63) is 29.6 Å². The summed E-state index contributed by atoms with van der Waals surface area (Å²) in [4.78, 5) is 33.0. The summed E-state index contributed by atoms with van der Waals surface area (Å²) in [6, 6.07) is 3.00. The van der Waals surface area contributed by atoms with Gasteiger partial charge in [0.25, 0.3) is 0 Å². The smallest absolute Gasteiger partial charge is 0.337 e. The molecule has 7 heteroatoms. The Bertz CT molecular complexity index is 516. The Morgan fingerprint density at radius 3 is 2.58 bits per heavy atom. The summed E-state index contributed by atoms with van der Waals surface area (Å²) < 4.78 is 13.0. The first kappa shape index (κ1) is 14.6. The predicted octanol–water partition coefficient (Wildman–Crippen LogP) is 0.989. The van der Waals surface area contributed by atoms with Crippen LogP contribution in [-0.4, -0.2) is 29.4 Å². The number of anilines is 1. The lowest BCUT2D eigenvalue weighted by molar-refractivity contribution is -0.119. The van der Waals surface area contributed by atoms with Gasteiger partial charge < -0.3 is 15.7 Å². The fraction of sp³-hybridized carbons (Fsp3) is 0.250. The van der Waals surface area contributed by atoms with E-state index >= 15 is 0 Å². The first-order valence-corrected chi connectivity index (χ1v) is 5.47. The van der Waals surface area contributed by atoms with Crippen LogP contribution in [0.3, 0.4) is 0 Å². The number of hydrogen-bond acceptors (Lipinski definition) is 3. The van der Waals surface area contributed by atoms with E-state index in [1.807, 2.05) is 0 Å². The molecule has 0 heterocycles. The van der Waals surface area contributed by atoms with E-state index in [9.17, 15) is 18.8 Å². The van der Waals surface area contributed by atoms with E-state index in [2.05, 4.69) is 10.6 Å². The molecule has 0 aliphatic rings.